The second-order valence-corrected chi connectivity index (χ2v) is 10.8. The molecule has 2 aromatic rings. The van der Waals surface area contributed by atoms with Crippen molar-refractivity contribution in [3.05, 3.63) is 59.7 Å². The van der Waals surface area contributed by atoms with Gasteiger partial charge in [-0.2, -0.15) is 11.8 Å². The number of nitrogens with one attached hydrogen (secondary N) is 1. The maximum atomic E-state index is 13.2. The fraction of sp³-hybridized carbons (Fsp3) is 0.444. The summed E-state index contributed by atoms with van der Waals surface area (Å²) in [4.78, 5) is 38.7. The van der Waals surface area contributed by atoms with E-state index in [9.17, 15) is 19.5 Å². The van der Waals surface area contributed by atoms with Crippen molar-refractivity contribution in [1.29, 1.82) is 0 Å². The lowest BCUT2D eigenvalue weighted by Crippen LogP contribution is -2.43. The van der Waals surface area contributed by atoms with Crippen molar-refractivity contribution in [3.8, 4) is 11.1 Å². The topological polar surface area (TPSA) is 95.9 Å². The molecule has 0 saturated heterocycles. The van der Waals surface area contributed by atoms with Crippen molar-refractivity contribution in [2.45, 2.75) is 31.2 Å². The third-order valence-corrected chi connectivity index (χ3v) is 8.27. The van der Waals surface area contributed by atoms with Crippen LogP contribution in [0.1, 0.15) is 36.3 Å². The molecule has 35 heavy (non-hydrogen) atoms. The summed E-state index contributed by atoms with van der Waals surface area (Å²) in [6, 6.07) is 16.3. The van der Waals surface area contributed by atoms with Crippen LogP contribution in [0.15, 0.2) is 48.5 Å². The van der Waals surface area contributed by atoms with Crippen LogP contribution >= 0.6 is 11.8 Å². The maximum absolute atomic E-state index is 13.2. The molecule has 5 rings (SSSR count). The van der Waals surface area contributed by atoms with Crippen LogP contribution in [0.3, 0.4) is 0 Å². The van der Waals surface area contributed by atoms with Gasteiger partial charge in [0.25, 0.3) is 0 Å². The first-order chi connectivity index (χ1) is 16.9. The zero-order valence-electron chi connectivity index (χ0n) is 19.7. The van der Waals surface area contributed by atoms with E-state index < -0.39 is 17.5 Å². The van der Waals surface area contributed by atoms with Gasteiger partial charge in [0.2, 0.25) is 5.91 Å². The number of thioether (sulfide) groups is 1. The van der Waals surface area contributed by atoms with E-state index in [1.165, 1.54) is 16.0 Å². The van der Waals surface area contributed by atoms with Crippen LogP contribution in [-0.4, -0.2) is 65.7 Å². The quantitative estimate of drug-likeness (QED) is 0.548. The summed E-state index contributed by atoms with van der Waals surface area (Å²) in [5.41, 5.74) is 4.16. The van der Waals surface area contributed by atoms with E-state index in [0.717, 1.165) is 24.0 Å². The van der Waals surface area contributed by atoms with Gasteiger partial charge in [0.1, 0.15) is 13.2 Å². The van der Waals surface area contributed by atoms with E-state index in [1.807, 2.05) is 30.5 Å². The summed E-state index contributed by atoms with van der Waals surface area (Å²) >= 11 is 1.59. The van der Waals surface area contributed by atoms with Gasteiger partial charge in [-0.3, -0.25) is 9.59 Å². The minimum absolute atomic E-state index is 0.000867. The highest BCUT2D eigenvalue weighted by molar-refractivity contribution is 7.98. The number of amides is 2. The Balaban J connectivity index is 1.18. The highest BCUT2D eigenvalue weighted by atomic mass is 32.2. The van der Waals surface area contributed by atoms with Crippen molar-refractivity contribution >= 4 is 29.7 Å². The van der Waals surface area contributed by atoms with Gasteiger partial charge < -0.3 is 20.1 Å². The minimum atomic E-state index is -1.00. The van der Waals surface area contributed by atoms with Crippen LogP contribution in [0, 0.1) is 11.3 Å². The number of hydrogen-bond donors (Lipinski definition) is 2. The monoisotopic (exact) mass is 494 g/mol. The first-order valence-corrected chi connectivity index (χ1v) is 13.4. The van der Waals surface area contributed by atoms with Crippen molar-refractivity contribution in [2.75, 3.05) is 31.7 Å². The Kier molecular flexibility index (Phi) is 6.49. The van der Waals surface area contributed by atoms with Gasteiger partial charge in [0, 0.05) is 24.3 Å². The van der Waals surface area contributed by atoms with Crippen LogP contribution in [-0.2, 0) is 14.3 Å². The highest BCUT2D eigenvalue weighted by Crippen LogP contribution is 2.64. The van der Waals surface area contributed by atoms with Crippen LogP contribution in [0.5, 0.6) is 0 Å². The first-order valence-electron chi connectivity index (χ1n) is 12.0. The molecule has 2 amide bonds. The van der Waals surface area contributed by atoms with E-state index in [4.69, 9.17) is 4.74 Å². The lowest BCUT2D eigenvalue weighted by Gasteiger charge is -2.26. The van der Waals surface area contributed by atoms with Crippen molar-refractivity contribution in [1.82, 2.24) is 10.2 Å². The first kappa shape index (κ1) is 23.7. The summed E-state index contributed by atoms with van der Waals surface area (Å²) < 4.78 is 5.67. The van der Waals surface area contributed by atoms with Crippen molar-refractivity contribution in [2.24, 2.45) is 11.3 Å². The average Bonchev–Trinajstić information content (AvgIpc) is 3.27. The Morgan fingerprint density at radius 3 is 2.37 bits per heavy atom. The summed E-state index contributed by atoms with van der Waals surface area (Å²) in [5.74, 6) is -0.199. The van der Waals surface area contributed by atoms with Gasteiger partial charge >= 0.3 is 12.1 Å². The van der Waals surface area contributed by atoms with E-state index in [-0.39, 0.29) is 36.9 Å². The summed E-state index contributed by atoms with van der Waals surface area (Å²) in [6.07, 6.45) is 3.50. The van der Waals surface area contributed by atoms with Gasteiger partial charge in [-0.1, -0.05) is 48.5 Å². The standard InChI is InChI=1S/C27H30N2O5S/c1-35-11-10-29(15-24(30)31)25(32)27-13-17(27)12-18(14-27)28-26(33)34-16-23-21-8-4-2-6-19(21)20-7-3-5-9-22(20)23/h2-9,17-18,23H,10-16H2,1H3,(H,28,33)(H,30,31)/t17-,18+,27+/m0/s1. The van der Waals surface area contributed by atoms with Crippen molar-refractivity contribution in [3.63, 3.8) is 0 Å². The van der Waals surface area contributed by atoms with Crippen LogP contribution in [0.4, 0.5) is 4.79 Å². The number of benzene rings is 2. The Hall–Kier alpha value is -3.00. The SMILES string of the molecule is CSCCN(CC(=O)O)C(=O)[C@]12C[C@H](NC(=O)OCC3c4ccccc4-c4ccccc43)C[C@H]1C2. The molecule has 3 aliphatic rings. The van der Waals surface area contributed by atoms with Crippen LogP contribution in [0.2, 0.25) is 0 Å². The summed E-state index contributed by atoms with van der Waals surface area (Å²) in [7, 11) is 0. The minimum Gasteiger partial charge on any atom is -0.480 e. The van der Waals surface area contributed by atoms with E-state index in [2.05, 4.69) is 29.6 Å². The zero-order chi connectivity index (χ0) is 24.6. The van der Waals surface area contributed by atoms with E-state index in [1.54, 1.807) is 11.8 Å². The molecule has 184 valence electrons. The number of ether oxygens (including phenoxy) is 1. The summed E-state index contributed by atoms with van der Waals surface area (Å²) in [6.45, 7) is 0.394. The number of carbonyl (C=O) groups excluding carboxylic acids is 2. The molecule has 2 aromatic carbocycles. The number of carboxylic acid groups (broad SMARTS) is 1. The molecule has 0 unspecified atom stereocenters. The Labute approximate surface area is 209 Å². The van der Waals surface area contributed by atoms with Crippen LogP contribution < -0.4 is 5.32 Å². The fourth-order valence-corrected chi connectivity index (χ4v) is 6.41. The molecule has 3 aliphatic carbocycles. The van der Waals surface area contributed by atoms with Crippen LogP contribution in [0.25, 0.3) is 11.1 Å². The normalized spacial score (nSPS) is 23.7. The largest absolute Gasteiger partial charge is 0.480 e. The molecule has 7 nitrogen and oxygen atoms in total. The van der Waals surface area contributed by atoms with E-state index >= 15 is 0 Å². The third kappa shape index (κ3) is 4.51. The molecule has 0 radical (unpaired) electrons. The van der Waals surface area contributed by atoms with Gasteiger partial charge in [-0.15, -0.1) is 0 Å². The van der Waals surface area contributed by atoms with Crippen molar-refractivity contribution < 1.29 is 24.2 Å². The zero-order valence-corrected chi connectivity index (χ0v) is 20.6. The Morgan fingerprint density at radius 2 is 1.74 bits per heavy atom. The smallest absolute Gasteiger partial charge is 0.407 e. The number of hydrogen-bond acceptors (Lipinski definition) is 5. The second kappa shape index (κ2) is 9.57. The number of carboxylic acids is 1. The number of carbonyl (C=O) groups is 3. The Morgan fingerprint density at radius 1 is 1.09 bits per heavy atom. The second-order valence-electron chi connectivity index (χ2n) is 9.78. The molecule has 2 saturated carbocycles. The van der Waals surface area contributed by atoms with Gasteiger partial charge in [-0.25, -0.2) is 4.79 Å². The number of aliphatic carboxylic acids is 1. The molecular formula is C27H30N2O5S. The lowest BCUT2D eigenvalue weighted by atomic mass is 9.98. The molecule has 2 fully saturated rings. The molecule has 3 atom stereocenters. The van der Waals surface area contributed by atoms with Gasteiger partial charge in [0.05, 0.1) is 5.41 Å². The molecule has 0 spiro atoms. The Bertz CT molecular complexity index is 1110. The average molecular weight is 495 g/mol. The van der Waals surface area contributed by atoms with Gasteiger partial charge in [-0.05, 0) is 53.7 Å². The predicted molar refractivity (Wildman–Crippen MR) is 134 cm³/mol. The number of alkyl carbamates (subject to hydrolysis) is 1. The molecule has 2 N–H and O–H groups in total. The predicted octanol–water partition coefficient (Wildman–Crippen LogP) is 3.97. The maximum Gasteiger partial charge on any atom is 0.407 e. The number of fused-ring (bicyclic) bond motifs is 4. The fourth-order valence-electron chi connectivity index (χ4n) is 6.00. The van der Waals surface area contributed by atoms with Gasteiger partial charge in [0.15, 0.2) is 0 Å². The molecular weight excluding hydrogens is 464 g/mol. The molecule has 0 aliphatic heterocycles. The molecule has 0 bridgehead atoms. The highest BCUT2D eigenvalue weighted by Gasteiger charge is 2.66. The molecule has 0 heterocycles. The lowest BCUT2D eigenvalue weighted by molar-refractivity contribution is -0.147. The molecule has 0 aromatic heterocycles. The molecule has 8 heteroatoms. The van der Waals surface area contributed by atoms with E-state index in [0.29, 0.717) is 18.7 Å². The summed E-state index contributed by atoms with van der Waals surface area (Å²) in [5, 5.41) is 12.2. The number of nitrogens with zero attached hydrogens (tertiary/aromatic N) is 1. The third-order valence-electron chi connectivity index (χ3n) is 7.68. The number of rotatable bonds is 9.